The lowest BCUT2D eigenvalue weighted by atomic mass is 10.2. The predicted molar refractivity (Wildman–Crippen MR) is 128 cm³/mol. The van der Waals surface area contributed by atoms with E-state index in [9.17, 15) is 4.79 Å². The van der Waals surface area contributed by atoms with E-state index in [0.717, 1.165) is 22.4 Å². The maximum absolute atomic E-state index is 12.2. The maximum atomic E-state index is 12.2. The third-order valence-corrected chi connectivity index (χ3v) is 5.64. The number of thioether (sulfide) groups is 1. The number of rotatable bonds is 9. The Kier molecular flexibility index (Phi) is 7.14. The molecule has 0 radical (unpaired) electrons. The molecular weight excluding hydrogens is 420 g/mol. The third kappa shape index (κ3) is 5.73. The second-order valence-corrected chi connectivity index (χ2v) is 8.21. The number of hydrogen-bond donors (Lipinski definition) is 2. The summed E-state index contributed by atoms with van der Waals surface area (Å²) < 4.78 is 2.03. The molecule has 2 aromatic carbocycles. The number of pyridine rings is 1. The Balaban J connectivity index is 1.43. The molecule has 32 heavy (non-hydrogen) atoms. The van der Waals surface area contributed by atoms with Crippen LogP contribution < -0.4 is 10.6 Å². The van der Waals surface area contributed by atoms with Crippen LogP contribution in [0.25, 0.3) is 5.69 Å². The van der Waals surface area contributed by atoms with Crippen LogP contribution in [0.2, 0.25) is 0 Å². The van der Waals surface area contributed by atoms with E-state index in [0.29, 0.717) is 24.5 Å². The summed E-state index contributed by atoms with van der Waals surface area (Å²) in [5, 5.41) is 15.8. The molecule has 0 atom stereocenters. The van der Waals surface area contributed by atoms with Gasteiger partial charge in [-0.05, 0) is 43.3 Å². The zero-order valence-electron chi connectivity index (χ0n) is 17.7. The zero-order valence-corrected chi connectivity index (χ0v) is 18.5. The number of aryl methyl sites for hydroxylation is 1. The number of aromatic nitrogens is 4. The number of benzene rings is 2. The normalized spacial score (nSPS) is 10.7. The van der Waals surface area contributed by atoms with Crippen LogP contribution in [0.15, 0.2) is 84.1 Å². The summed E-state index contributed by atoms with van der Waals surface area (Å²) in [6, 6.07) is 23.7. The molecule has 8 heteroatoms. The van der Waals surface area contributed by atoms with E-state index in [4.69, 9.17) is 0 Å². The summed E-state index contributed by atoms with van der Waals surface area (Å²) in [5.41, 5.74) is 3.23. The van der Waals surface area contributed by atoms with Crippen LogP contribution in [0.5, 0.6) is 0 Å². The Bertz CT molecular complexity index is 1150. The van der Waals surface area contributed by atoms with Crippen molar-refractivity contribution in [3.05, 3.63) is 90.4 Å². The Morgan fingerprint density at radius 3 is 2.50 bits per heavy atom. The Hall–Kier alpha value is -3.65. The molecule has 0 aliphatic rings. The number of nitrogens with zero attached hydrogens (tertiary/aromatic N) is 4. The first-order valence-corrected chi connectivity index (χ1v) is 11.3. The quantitative estimate of drug-likeness (QED) is 0.364. The molecule has 0 fully saturated rings. The summed E-state index contributed by atoms with van der Waals surface area (Å²) in [5.74, 6) is 1.86. The van der Waals surface area contributed by atoms with Gasteiger partial charge in [0, 0.05) is 29.7 Å². The lowest BCUT2D eigenvalue weighted by Gasteiger charge is -2.11. The highest BCUT2D eigenvalue weighted by Crippen LogP contribution is 2.23. The molecule has 4 rings (SSSR count). The standard InChI is InChI=1S/C24H24N6OS/c1-18-10-12-19(13-11-18)26-17-22-28-29-24(30(22)20-7-3-2-4-8-20)32-16-14-23(31)27-21-9-5-6-15-25-21/h2-13,15,26H,14,16-17H2,1H3,(H,25,27,31). The highest BCUT2D eigenvalue weighted by atomic mass is 32.2. The largest absolute Gasteiger partial charge is 0.378 e. The molecule has 1 amide bonds. The molecule has 0 saturated heterocycles. The first-order chi connectivity index (χ1) is 15.7. The molecule has 0 spiro atoms. The van der Waals surface area contributed by atoms with Gasteiger partial charge in [0.1, 0.15) is 5.82 Å². The fraction of sp³-hybridized carbons (Fsp3) is 0.167. The summed E-state index contributed by atoms with van der Waals surface area (Å²) in [4.78, 5) is 16.3. The highest BCUT2D eigenvalue weighted by molar-refractivity contribution is 7.99. The second kappa shape index (κ2) is 10.6. The summed E-state index contributed by atoms with van der Waals surface area (Å²) >= 11 is 1.51. The monoisotopic (exact) mass is 444 g/mol. The van der Waals surface area contributed by atoms with E-state index < -0.39 is 0 Å². The number of hydrogen-bond acceptors (Lipinski definition) is 6. The Labute approximate surface area is 191 Å². The smallest absolute Gasteiger partial charge is 0.226 e. The van der Waals surface area contributed by atoms with Gasteiger partial charge in [0.05, 0.1) is 6.54 Å². The molecule has 162 valence electrons. The van der Waals surface area contributed by atoms with E-state index in [-0.39, 0.29) is 5.91 Å². The van der Waals surface area contributed by atoms with E-state index in [2.05, 4.69) is 57.0 Å². The van der Waals surface area contributed by atoms with Gasteiger partial charge >= 0.3 is 0 Å². The van der Waals surface area contributed by atoms with Crippen LogP contribution >= 0.6 is 11.8 Å². The average molecular weight is 445 g/mol. The van der Waals surface area contributed by atoms with E-state index in [1.807, 2.05) is 47.0 Å². The van der Waals surface area contributed by atoms with Crippen molar-refractivity contribution in [2.24, 2.45) is 0 Å². The topological polar surface area (TPSA) is 84.7 Å². The van der Waals surface area contributed by atoms with Crippen molar-refractivity contribution in [3.63, 3.8) is 0 Å². The molecule has 0 saturated carbocycles. The number of carbonyl (C=O) groups is 1. The van der Waals surface area contributed by atoms with E-state index in [1.165, 1.54) is 17.3 Å². The third-order valence-electron chi connectivity index (χ3n) is 4.71. The molecule has 2 aromatic heterocycles. The van der Waals surface area contributed by atoms with Gasteiger partial charge in [0.2, 0.25) is 5.91 Å². The molecule has 0 bridgehead atoms. The molecule has 0 aliphatic heterocycles. The molecule has 2 heterocycles. The first-order valence-electron chi connectivity index (χ1n) is 10.3. The van der Waals surface area contributed by atoms with Gasteiger partial charge in [-0.25, -0.2) is 4.98 Å². The number of para-hydroxylation sites is 1. The van der Waals surface area contributed by atoms with Gasteiger partial charge in [-0.3, -0.25) is 9.36 Å². The van der Waals surface area contributed by atoms with Gasteiger partial charge in [0.25, 0.3) is 0 Å². The second-order valence-electron chi connectivity index (χ2n) is 7.15. The van der Waals surface area contributed by atoms with Crippen molar-refractivity contribution in [1.82, 2.24) is 19.7 Å². The number of anilines is 2. The predicted octanol–water partition coefficient (Wildman–Crippen LogP) is 4.70. The van der Waals surface area contributed by atoms with Crippen molar-refractivity contribution in [3.8, 4) is 5.69 Å². The lowest BCUT2D eigenvalue weighted by molar-refractivity contribution is -0.115. The molecule has 0 aliphatic carbocycles. The summed E-state index contributed by atoms with van der Waals surface area (Å²) in [6.45, 7) is 2.60. The van der Waals surface area contributed by atoms with Crippen LogP contribution in [-0.4, -0.2) is 31.4 Å². The molecule has 4 aromatic rings. The van der Waals surface area contributed by atoms with E-state index >= 15 is 0 Å². The lowest BCUT2D eigenvalue weighted by Crippen LogP contribution is -2.13. The fourth-order valence-electron chi connectivity index (χ4n) is 3.07. The molecule has 0 unspecified atom stereocenters. The van der Waals surface area contributed by atoms with Gasteiger partial charge in [-0.15, -0.1) is 10.2 Å². The SMILES string of the molecule is Cc1ccc(NCc2nnc(SCCC(=O)Nc3ccccn3)n2-c2ccccc2)cc1. The van der Waals surface area contributed by atoms with Crippen LogP contribution in [0.3, 0.4) is 0 Å². The fourth-order valence-corrected chi connectivity index (χ4v) is 3.98. The number of amides is 1. The average Bonchev–Trinajstić information content (AvgIpc) is 3.22. The van der Waals surface area contributed by atoms with Gasteiger partial charge in [-0.1, -0.05) is 53.7 Å². The van der Waals surface area contributed by atoms with Crippen LogP contribution in [0.1, 0.15) is 17.8 Å². The summed E-state index contributed by atoms with van der Waals surface area (Å²) in [7, 11) is 0. The van der Waals surface area contributed by atoms with Crippen molar-refractivity contribution in [2.75, 3.05) is 16.4 Å². The molecular formula is C24H24N6OS. The Morgan fingerprint density at radius 2 is 1.75 bits per heavy atom. The van der Waals surface area contributed by atoms with Gasteiger partial charge in [0.15, 0.2) is 11.0 Å². The first kappa shape index (κ1) is 21.6. The highest BCUT2D eigenvalue weighted by Gasteiger charge is 2.15. The Morgan fingerprint density at radius 1 is 0.969 bits per heavy atom. The maximum Gasteiger partial charge on any atom is 0.226 e. The molecule has 7 nitrogen and oxygen atoms in total. The number of nitrogens with one attached hydrogen (secondary N) is 2. The summed E-state index contributed by atoms with van der Waals surface area (Å²) in [6.07, 6.45) is 2.00. The number of carbonyl (C=O) groups excluding carboxylic acids is 1. The van der Waals surface area contributed by atoms with Crippen LogP contribution in [0.4, 0.5) is 11.5 Å². The zero-order chi connectivity index (χ0) is 22.2. The van der Waals surface area contributed by atoms with Crippen LogP contribution in [-0.2, 0) is 11.3 Å². The molecule has 2 N–H and O–H groups in total. The van der Waals surface area contributed by atoms with Crippen molar-refractivity contribution in [1.29, 1.82) is 0 Å². The van der Waals surface area contributed by atoms with Crippen molar-refractivity contribution in [2.45, 2.75) is 25.0 Å². The van der Waals surface area contributed by atoms with Gasteiger partial charge in [-0.2, -0.15) is 0 Å². The van der Waals surface area contributed by atoms with Crippen LogP contribution in [0, 0.1) is 6.92 Å². The van der Waals surface area contributed by atoms with E-state index in [1.54, 1.807) is 12.3 Å². The minimum atomic E-state index is -0.0803. The van der Waals surface area contributed by atoms with Gasteiger partial charge < -0.3 is 10.6 Å². The van der Waals surface area contributed by atoms with Crippen molar-refractivity contribution >= 4 is 29.2 Å². The minimum absolute atomic E-state index is 0.0803. The van der Waals surface area contributed by atoms with Crippen molar-refractivity contribution < 1.29 is 4.79 Å². The minimum Gasteiger partial charge on any atom is -0.378 e.